The first-order valence-corrected chi connectivity index (χ1v) is 7.69. The molecule has 2 aromatic rings. The predicted molar refractivity (Wildman–Crippen MR) is 89.6 cm³/mol. The molecule has 1 aromatic carbocycles. The fraction of sp³-hybridized carbons (Fsp3) is 0.353. The van der Waals surface area contributed by atoms with Gasteiger partial charge in [-0.2, -0.15) is 0 Å². The molecule has 0 saturated heterocycles. The van der Waals surface area contributed by atoms with Crippen molar-refractivity contribution in [1.82, 2.24) is 15.3 Å². The SMILES string of the molecule is N=C/C(=C\NC1CC(CCN)C1)c1cnc2ccccc2n1. The van der Waals surface area contributed by atoms with Crippen molar-refractivity contribution in [2.75, 3.05) is 6.54 Å². The van der Waals surface area contributed by atoms with Gasteiger partial charge in [0.1, 0.15) is 0 Å². The fourth-order valence-electron chi connectivity index (χ4n) is 2.84. The average molecular weight is 295 g/mol. The number of nitrogens with one attached hydrogen (secondary N) is 2. The Bertz CT molecular complexity index is 688. The Labute approximate surface area is 130 Å². The smallest absolute Gasteiger partial charge is 0.0922 e. The number of nitrogens with two attached hydrogens (primary N) is 1. The van der Waals surface area contributed by atoms with Crippen LogP contribution in [0.4, 0.5) is 0 Å². The summed E-state index contributed by atoms with van der Waals surface area (Å²) in [5.41, 5.74) is 8.76. The van der Waals surface area contributed by atoms with E-state index in [9.17, 15) is 0 Å². The zero-order valence-corrected chi connectivity index (χ0v) is 12.5. The molecule has 5 nitrogen and oxygen atoms in total. The first kappa shape index (κ1) is 14.7. The Hall–Kier alpha value is -2.27. The van der Waals surface area contributed by atoms with E-state index in [1.807, 2.05) is 30.5 Å². The minimum Gasteiger partial charge on any atom is -0.388 e. The Balaban J connectivity index is 1.70. The van der Waals surface area contributed by atoms with Crippen molar-refractivity contribution in [3.63, 3.8) is 0 Å². The van der Waals surface area contributed by atoms with E-state index in [-0.39, 0.29) is 0 Å². The highest BCUT2D eigenvalue weighted by Crippen LogP contribution is 2.29. The van der Waals surface area contributed by atoms with E-state index in [1.54, 1.807) is 6.20 Å². The molecule has 1 heterocycles. The van der Waals surface area contributed by atoms with Crippen LogP contribution in [0, 0.1) is 11.3 Å². The van der Waals surface area contributed by atoms with E-state index >= 15 is 0 Å². The summed E-state index contributed by atoms with van der Waals surface area (Å²) in [6.07, 6.45) is 8.34. The first-order valence-electron chi connectivity index (χ1n) is 7.69. The third-order valence-corrected chi connectivity index (χ3v) is 4.18. The Morgan fingerprint density at radius 1 is 1.32 bits per heavy atom. The lowest BCUT2D eigenvalue weighted by Gasteiger charge is -2.35. The Morgan fingerprint density at radius 2 is 2.09 bits per heavy atom. The van der Waals surface area contributed by atoms with Crippen molar-refractivity contribution in [3.05, 3.63) is 42.4 Å². The van der Waals surface area contributed by atoms with Gasteiger partial charge in [-0.15, -0.1) is 0 Å². The average Bonchev–Trinajstić information content (AvgIpc) is 2.52. The second-order valence-corrected chi connectivity index (χ2v) is 5.77. The monoisotopic (exact) mass is 295 g/mol. The zero-order valence-electron chi connectivity index (χ0n) is 12.5. The van der Waals surface area contributed by atoms with Gasteiger partial charge < -0.3 is 16.5 Å². The number of nitrogens with zero attached hydrogens (tertiary/aromatic N) is 2. The van der Waals surface area contributed by atoms with Crippen molar-refractivity contribution in [1.29, 1.82) is 5.41 Å². The maximum absolute atomic E-state index is 7.61. The van der Waals surface area contributed by atoms with Crippen LogP contribution in [0.1, 0.15) is 25.0 Å². The molecule has 0 radical (unpaired) electrons. The largest absolute Gasteiger partial charge is 0.388 e. The van der Waals surface area contributed by atoms with Crippen LogP contribution < -0.4 is 11.1 Å². The molecule has 0 amide bonds. The van der Waals surface area contributed by atoms with Crippen molar-refractivity contribution in [2.24, 2.45) is 11.7 Å². The van der Waals surface area contributed by atoms with Crippen molar-refractivity contribution in [3.8, 4) is 0 Å². The summed E-state index contributed by atoms with van der Waals surface area (Å²) in [6.45, 7) is 0.769. The van der Waals surface area contributed by atoms with Crippen LogP contribution >= 0.6 is 0 Å². The maximum atomic E-state index is 7.61. The van der Waals surface area contributed by atoms with Crippen LogP contribution in [0.25, 0.3) is 16.6 Å². The second-order valence-electron chi connectivity index (χ2n) is 5.77. The van der Waals surface area contributed by atoms with Gasteiger partial charge in [-0.3, -0.25) is 4.98 Å². The quantitative estimate of drug-likeness (QED) is 0.714. The molecule has 5 heteroatoms. The molecule has 0 unspecified atom stereocenters. The van der Waals surface area contributed by atoms with Crippen LogP contribution in [0.2, 0.25) is 0 Å². The van der Waals surface area contributed by atoms with E-state index < -0.39 is 0 Å². The third-order valence-electron chi connectivity index (χ3n) is 4.18. The van der Waals surface area contributed by atoms with Gasteiger partial charge >= 0.3 is 0 Å². The summed E-state index contributed by atoms with van der Waals surface area (Å²) >= 11 is 0. The topological polar surface area (TPSA) is 87.7 Å². The molecule has 0 aliphatic heterocycles. The lowest BCUT2D eigenvalue weighted by molar-refractivity contribution is 0.229. The third kappa shape index (κ3) is 3.14. The van der Waals surface area contributed by atoms with E-state index in [4.69, 9.17) is 11.1 Å². The van der Waals surface area contributed by atoms with Gasteiger partial charge in [-0.1, -0.05) is 12.1 Å². The molecule has 1 aliphatic rings. The molecule has 0 bridgehead atoms. The van der Waals surface area contributed by atoms with E-state index in [1.165, 1.54) is 6.21 Å². The van der Waals surface area contributed by atoms with Gasteiger partial charge in [0.15, 0.2) is 0 Å². The normalized spacial score (nSPS) is 21.4. The van der Waals surface area contributed by atoms with E-state index in [0.717, 1.165) is 54.0 Å². The highest BCUT2D eigenvalue weighted by Gasteiger charge is 2.27. The van der Waals surface area contributed by atoms with Gasteiger partial charge in [0, 0.05) is 24.0 Å². The second kappa shape index (κ2) is 6.66. The summed E-state index contributed by atoms with van der Waals surface area (Å²) in [6, 6.07) is 8.24. The van der Waals surface area contributed by atoms with Crippen molar-refractivity contribution in [2.45, 2.75) is 25.3 Å². The molecule has 0 spiro atoms. The predicted octanol–water partition coefficient (Wildman–Crippen LogP) is 2.34. The number of rotatable bonds is 6. The zero-order chi connectivity index (χ0) is 15.4. The van der Waals surface area contributed by atoms with Gasteiger partial charge in [0.05, 0.1) is 22.9 Å². The van der Waals surface area contributed by atoms with Gasteiger partial charge in [0.2, 0.25) is 0 Å². The van der Waals surface area contributed by atoms with Crippen LogP contribution in [0.3, 0.4) is 0 Å². The van der Waals surface area contributed by atoms with Gasteiger partial charge in [-0.05, 0) is 43.9 Å². The number of aromatic nitrogens is 2. The number of benzene rings is 1. The van der Waals surface area contributed by atoms with E-state index in [2.05, 4.69) is 15.3 Å². The number of para-hydroxylation sites is 2. The van der Waals surface area contributed by atoms with Crippen molar-refractivity contribution < 1.29 is 0 Å². The van der Waals surface area contributed by atoms with Crippen LogP contribution in [0.15, 0.2) is 36.7 Å². The van der Waals surface area contributed by atoms with Crippen molar-refractivity contribution >= 4 is 22.8 Å². The van der Waals surface area contributed by atoms with Crippen LogP contribution in [-0.2, 0) is 0 Å². The summed E-state index contributed by atoms with van der Waals surface area (Å²) in [5.74, 6) is 0.750. The minimum absolute atomic E-state index is 0.486. The highest BCUT2D eigenvalue weighted by atomic mass is 14.9. The molecule has 1 aliphatic carbocycles. The highest BCUT2D eigenvalue weighted by molar-refractivity contribution is 6.07. The molecular formula is C17H21N5. The number of hydrogen-bond acceptors (Lipinski definition) is 5. The Kier molecular flexibility index (Phi) is 4.44. The molecule has 1 saturated carbocycles. The minimum atomic E-state index is 0.486. The summed E-state index contributed by atoms with van der Waals surface area (Å²) < 4.78 is 0. The maximum Gasteiger partial charge on any atom is 0.0922 e. The molecule has 114 valence electrons. The number of fused-ring (bicyclic) bond motifs is 1. The molecule has 22 heavy (non-hydrogen) atoms. The molecule has 4 N–H and O–H groups in total. The molecule has 0 atom stereocenters. The standard InChI is InChI=1S/C17H21N5/c18-6-5-12-7-14(8-12)20-10-13(9-19)17-11-21-15-3-1-2-4-16(15)22-17/h1-4,9-12,14,19-20H,5-8,18H2/b13-10+,19-9?. The van der Waals surface area contributed by atoms with Gasteiger partial charge in [0.25, 0.3) is 0 Å². The molecule has 1 aromatic heterocycles. The van der Waals surface area contributed by atoms with Crippen LogP contribution in [0.5, 0.6) is 0 Å². The number of hydrogen-bond donors (Lipinski definition) is 3. The number of allylic oxidation sites excluding steroid dienone is 1. The summed E-state index contributed by atoms with van der Waals surface area (Å²) in [7, 11) is 0. The van der Waals surface area contributed by atoms with Gasteiger partial charge in [-0.25, -0.2) is 4.98 Å². The fourth-order valence-corrected chi connectivity index (χ4v) is 2.84. The van der Waals surface area contributed by atoms with Crippen LogP contribution in [-0.4, -0.2) is 28.8 Å². The lowest BCUT2D eigenvalue weighted by Crippen LogP contribution is -2.39. The Morgan fingerprint density at radius 3 is 2.82 bits per heavy atom. The first-order chi connectivity index (χ1) is 10.8. The molecule has 1 fully saturated rings. The lowest BCUT2D eigenvalue weighted by atomic mass is 9.78. The molecule has 3 rings (SSSR count). The summed E-state index contributed by atoms with van der Waals surface area (Å²) in [4.78, 5) is 8.97. The van der Waals surface area contributed by atoms with E-state index in [0.29, 0.717) is 6.04 Å². The molecular weight excluding hydrogens is 274 g/mol. The summed E-state index contributed by atoms with van der Waals surface area (Å²) in [5, 5.41) is 11.0.